The molecule has 192 valence electrons. The van der Waals surface area contributed by atoms with Crippen LogP contribution in [0.5, 0.6) is 11.5 Å². The van der Waals surface area contributed by atoms with E-state index in [2.05, 4.69) is 51.5 Å². The van der Waals surface area contributed by atoms with Gasteiger partial charge in [0.25, 0.3) is 0 Å². The number of carbonyl (C=O) groups excluding carboxylic acids is 1. The number of nitrogens with two attached hydrogens (primary N) is 1. The second-order valence-corrected chi connectivity index (χ2v) is 10.6. The van der Waals surface area contributed by atoms with Gasteiger partial charge in [-0.3, -0.25) is 9.79 Å². The first kappa shape index (κ1) is 28.2. The standard InChI is InChI=1S/C28H46N2O4/c1-19(2)22(15-21-9-10-24(33-7)25(16-21)34-14-8-13-32-6)17-26(30-5)28(11-12-28)18-23(20(3)4)27(29)31/h9-10,16,19-20,22-23,26H,5,8,11-15,17-18H2,1-4,6-7H3,(H2,29,31)/t22-,23-,26-/m0/s1. The molecule has 1 fully saturated rings. The molecular weight excluding hydrogens is 428 g/mol. The van der Waals surface area contributed by atoms with Crippen molar-refractivity contribution in [2.45, 2.75) is 72.3 Å². The summed E-state index contributed by atoms with van der Waals surface area (Å²) in [7, 11) is 3.36. The molecule has 6 nitrogen and oxygen atoms in total. The van der Waals surface area contributed by atoms with E-state index in [0.717, 1.165) is 50.0 Å². The molecule has 0 heterocycles. The molecule has 1 aliphatic carbocycles. The number of aliphatic imine (C=N–C) groups is 1. The molecule has 1 amide bonds. The molecule has 1 aliphatic rings. The Hall–Kier alpha value is -2.08. The van der Waals surface area contributed by atoms with Crippen LogP contribution in [0.4, 0.5) is 0 Å². The molecule has 3 atom stereocenters. The van der Waals surface area contributed by atoms with Gasteiger partial charge in [-0.2, -0.15) is 0 Å². The minimum absolute atomic E-state index is 0.0639. The van der Waals surface area contributed by atoms with Crippen molar-refractivity contribution in [3.63, 3.8) is 0 Å². The van der Waals surface area contributed by atoms with Crippen LogP contribution in [0.25, 0.3) is 0 Å². The van der Waals surface area contributed by atoms with Gasteiger partial charge in [-0.15, -0.1) is 0 Å². The Morgan fingerprint density at radius 3 is 2.32 bits per heavy atom. The van der Waals surface area contributed by atoms with Crippen LogP contribution in [0.1, 0.15) is 65.4 Å². The summed E-state index contributed by atoms with van der Waals surface area (Å²) in [5, 5.41) is 0. The Balaban J connectivity index is 2.14. The van der Waals surface area contributed by atoms with Crippen molar-refractivity contribution in [1.82, 2.24) is 0 Å². The lowest BCUT2D eigenvalue weighted by molar-refractivity contribution is -0.123. The third-order valence-electron chi connectivity index (χ3n) is 7.56. The van der Waals surface area contributed by atoms with Crippen LogP contribution in [0, 0.1) is 29.1 Å². The lowest BCUT2D eigenvalue weighted by Gasteiger charge is -2.32. The highest BCUT2D eigenvalue weighted by molar-refractivity contribution is 5.77. The van der Waals surface area contributed by atoms with Crippen LogP contribution >= 0.6 is 0 Å². The van der Waals surface area contributed by atoms with Crippen molar-refractivity contribution in [3.05, 3.63) is 23.8 Å². The van der Waals surface area contributed by atoms with Gasteiger partial charge in [0.15, 0.2) is 11.5 Å². The maximum atomic E-state index is 12.1. The number of hydrogen-bond acceptors (Lipinski definition) is 5. The number of nitrogens with zero attached hydrogens (tertiary/aromatic N) is 1. The summed E-state index contributed by atoms with van der Waals surface area (Å²) >= 11 is 0. The Kier molecular flexibility index (Phi) is 10.9. The topological polar surface area (TPSA) is 83.1 Å². The highest BCUT2D eigenvalue weighted by Gasteiger charge is 2.51. The summed E-state index contributed by atoms with van der Waals surface area (Å²) in [6.07, 6.45) is 5.73. The van der Waals surface area contributed by atoms with Gasteiger partial charge in [0, 0.05) is 26.1 Å². The van der Waals surface area contributed by atoms with E-state index in [1.54, 1.807) is 14.2 Å². The number of benzene rings is 1. The van der Waals surface area contributed by atoms with E-state index in [1.165, 1.54) is 5.56 Å². The molecule has 0 aromatic heterocycles. The van der Waals surface area contributed by atoms with Gasteiger partial charge >= 0.3 is 0 Å². The van der Waals surface area contributed by atoms with Crippen LogP contribution in [0.3, 0.4) is 0 Å². The van der Waals surface area contributed by atoms with Crippen LogP contribution in [0.15, 0.2) is 23.2 Å². The molecule has 0 aliphatic heterocycles. The van der Waals surface area contributed by atoms with Crippen LogP contribution in [-0.2, 0) is 16.0 Å². The molecule has 2 N–H and O–H groups in total. The normalized spacial score (nSPS) is 17.3. The first-order valence-electron chi connectivity index (χ1n) is 12.7. The third kappa shape index (κ3) is 7.72. The minimum atomic E-state index is -0.194. The number of carbonyl (C=O) groups is 1. The zero-order valence-electron chi connectivity index (χ0n) is 22.1. The molecule has 1 saturated carbocycles. The van der Waals surface area contributed by atoms with Crippen molar-refractivity contribution < 1.29 is 19.0 Å². The van der Waals surface area contributed by atoms with Gasteiger partial charge in [0.2, 0.25) is 5.91 Å². The average molecular weight is 475 g/mol. The SMILES string of the molecule is C=N[C@@H](C[C@H](Cc1ccc(OC)c(OCCCOC)c1)C(C)C)C1(C[C@H](C(N)=O)C(C)C)CC1. The fourth-order valence-corrected chi connectivity index (χ4v) is 4.98. The molecule has 1 aromatic carbocycles. The van der Waals surface area contributed by atoms with Gasteiger partial charge in [-0.25, -0.2) is 0 Å². The molecule has 34 heavy (non-hydrogen) atoms. The van der Waals surface area contributed by atoms with E-state index >= 15 is 0 Å². The maximum absolute atomic E-state index is 12.1. The fraction of sp³-hybridized carbons (Fsp3) is 0.714. The van der Waals surface area contributed by atoms with Gasteiger partial charge in [-0.05, 0) is 79.7 Å². The largest absolute Gasteiger partial charge is 0.493 e. The first-order valence-corrected chi connectivity index (χ1v) is 12.7. The summed E-state index contributed by atoms with van der Waals surface area (Å²) < 4.78 is 16.6. The average Bonchev–Trinajstić information content (AvgIpc) is 3.58. The lowest BCUT2D eigenvalue weighted by Crippen LogP contribution is -2.34. The molecule has 0 saturated heterocycles. The van der Waals surface area contributed by atoms with E-state index in [0.29, 0.717) is 25.0 Å². The molecule has 2 rings (SSSR count). The van der Waals surface area contributed by atoms with Gasteiger partial charge in [0.05, 0.1) is 19.8 Å². The summed E-state index contributed by atoms with van der Waals surface area (Å²) in [6.45, 7) is 13.9. The van der Waals surface area contributed by atoms with E-state index < -0.39 is 0 Å². The summed E-state index contributed by atoms with van der Waals surface area (Å²) in [5.74, 6) is 2.39. The van der Waals surface area contributed by atoms with Crippen LogP contribution < -0.4 is 15.2 Å². The second-order valence-electron chi connectivity index (χ2n) is 10.6. The minimum Gasteiger partial charge on any atom is -0.493 e. The first-order chi connectivity index (χ1) is 16.2. The van der Waals surface area contributed by atoms with Gasteiger partial charge < -0.3 is 19.9 Å². The number of hydrogen-bond donors (Lipinski definition) is 1. The Morgan fingerprint density at radius 1 is 1.12 bits per heavy atom. The molecule has 1 aromatic rings. The van der Waals surface area contributed by atoms with Crippen molar-refractivity contribution in [3.8, 4) is 11.5 Å². The van der Waals surface area contributed by atoms with E-state index in [1.807, 2.05) is 6.07 Å². The molecule has 0 bridgehead atoms. The maximum Gasteiger partial charge on any atom is 0.220 e. The quantitative estimate of drug-likeness (QED) is 0.245. The number of amides is 1. The Labute approximate surface area is 206 Å². The highest BCUT2D eigenvalue weighted by atomic mass is 16.5. The zero-order valence-corrected chi connectivity index (χ0v) is 22.1. The third-order valence-corrected chi connectivity index (χ3v) is 7.56. The summed E-state index contributed by atoms with van der Waals surface area (Å²) in [5.41, 5.74) is 7.03. The van der Waals surface area contributed by atoms with Gasteiger partial charge in [-0.1, -0.05) is 33.8 Å². The van der Waals surface area contributed by atoms with Crippen molar-refractivity contribution in [2.75, 3.05) is 27.4 Å². The highest BCUT2D eigenvalue weighted by Crippen LogP contribution is 2.57. The molecule has 0 spiro atoms. The summed E-state index contributed by atoms with van der Waals surface area (Å²) in [4.78, 5) is 16.7. The molecule has 0 radical (unpaired) electrons. The monoisotopic (exact) mass is 474 g/mol. The van der Waals surface area contributed by atoms with Crippen LogP contribution in [-0.4, -0.2) is 46.1 Å². The Bertz CT molecular complexity index is 789. The summed E-state index contributed by atoms with van der Waals surface area (Å²) in [6, 6.07) is 6.36. The fourth-order valence-electron chi connectivity index (χ4n) is 4.98. The predicted molar refractivity (Wildman–Crippen MR) is 139 cm³/mol. The predicted octanol–water partition coefficient (Wildman–Crippen LogP) is 5.31. The van der Waals surface area contributed by atoms with Crippen molar-refractivity contribution in [1.29, 1.82) is 0 Å². The van der Waals surface area contributed by atoms with Crippen LogP contribution in [0.2, 0.25) is 0 Å². The number of primary amides is 1. The molecule has 6 heteroatoms. The van der Waals surface area contributed by atoms with Gasteiger partial charge in [0.1, 0.15) is 0 Å². The second kappa shape index (κ2) is 13.1. The number of ether oxygens (including phenoxy) is 3. The van der Waals surface area contributed by atoms with E-state index in [-0.39, 0.29) is 29.2 Å². The van der Waals surface area contributed by atoms with E-state index in [9.17, 15) is 4.79 Å². The number of methoxy groups -OCH3 is 2. The lowest BCUT2D eigenvalue weighted by atomic mass is 9.75. The number of rotatable bonds is 17. The van der Waals surface area contributed by atoms with E-state index in [4.69, 9.17) is 19.9 Å². The van der Waals surface area contributed by atoms with Crippen molar-refractivity contribution in [2.24, 2.45) is 39.8 Å². The zero-order chi connectivity index (χ0) is 25.3. The Morgan fingerprint density at radius 2 is 1.82 bits per heavy atom. The van der Waals surface area contributed by atoms with Crippen molar-refractivity contribution >= 4 is 12.6 Å². The molecular formula is C28H46N2O4. The molecule has 0 unspecified atom stereocenters. The smallest absolute Gasteiger partial charge is 0.220 e.